The molecule has 0 saturated carbocycles. The summed E-state index contributed by atoms with van der Waals surface area (Å²) >= 11 is 0. The van der Waals surface area contributed by atoms with Crippen molar-refractivity contribution in [1.29, 1.82) is 0 Å². The van der Waals surface area contributed by atoms with Gasteiger partial charge < -0.3 is 18.8 Å². The summed E-state index contributed by atoms with van der Waals surface area (Å²) in [7, 11) is 0. The van der Waals surface area contributed by atoms with Gasteiger partial charge in [-0.1, -0.05) is 25.1 Å². The molecule has 0 saturated heterocycles. The van der Waals surface area contributed by atoms with Gasteiger partial charge in [-0.05, 0) is 44.9 Å². The van der Waals surface area contributed by atoms with E-state index in [-0.39, 0.29) is 18.6 Å². The summed E-state index contributed by atoms with van der Waals surface area (Å²) in [4.78, 5) is 43.7. The second kappa shape index (κ2) is 8.61. The molecule has 0 spiro atoms. The molecule has 2 aromatic heterocycles. The molecule has 2 aliphatic heterocycles. The number of hydrogen-bond acceptors (Lipinski definition) is 7. The standard InChI is InChI=1S/C27H28N2O6/c1-5-15-16-9-7-8-10-20(16)28-23-18(15)13-29-21(23)11-17-19(25(29)31)14-33-26(32)24(17)35-22(30)12-27(3,4)34-6-2/h7-11,24H,5-6,12-14H2,1-4H3/t24-/m0/s1. The molecule has 8 heteroatoms. The summed E-state index contributed by atoms with van der Waals surface area (Å²) in [5, 5.41) is 1.07. The number of hydrogen-bond donors (Lipinski definition) is 0. The number of pyridine rings is 2. The molecule has 4 heterocycles. The van der Waals surface area contributed by atoms with Crippen LogP contribution in [0.2, 0.25) is 0 Å². The Bertz CT molecular complexity index is 1420. The molecule has 1 aromatic carbocycles. The third-order valence-corrected chi connectivity index (χ3v) is 6.67. The number of para-hydroxylation sites is 1. The fourth-order valence-electron chi connectivity index (χ4n) is 5.12. The highest BCUT2D eigenvalue weighted by molar-refractivity contribution is 5.88. The second-order valence-corrected chi connectivity index (χ2v) is 9.49. The van der Waals surface area contributed by atoms with Crippen molar-refractivity contribution in [1.82, 2.24) is 9.55 Å². The van der Waals surface area contributed by atoms with Gasteiger partial charge in [0.25, 0.3) is 5.56 Å². The van der Waals surface area contributed by atoms with E-state index in [2.05, 4.69) is 6.92 Å². The lowest BCUT2D eigenvalue weighted by Crippen LogP contribution is -2.36. The molecule has 35 heavy (non-hydrogen) atoms. The molecule has 182 valence electrons. The number of aryl methyl sites for hydroxylation is 1. The Morgan fingerprint density at radius 1 is 1.20 bits per heavy atom. The molecule has 1 atom stereocenters. The molecule has 0 N–H and O–H groups in total. The molecule has 2 aliphatic rings. The Balaban J connectivity index is 1.59. The number of nitrogens with zero attached hydrogens (tertiary/aromatic N) is 2. The molecule has 0 amide bonds. The van der Waals surface area contributed by atoms with Gasteiger partial charge in [-0.15, -0.1) is 0 Å². The number of ether oxygens (including phenoxy) is 3. The third-order valence-electron chi connectivity index (χ3n) is 6.67. The quantitative estimate of drug-likeness (QED) is 0.390. The molecule has 5 rings (SSSR count). The van der Waals surface area contributed by atoms with Gasteiger partial charge in [-0.25, -0.2) is 9.78 Å². The van der Waals surface area contributed by atoms with E-state index in [0.29, 0.717) is 30.0 Å². The van der Waals surface area contributed by atoms with Crippen molar-refractivity contribution in [3.63, 3.8) is 0 Å². The Labute approximate surface area is 202 Å². The van der Waals surface area contributed by atoms with Crippen LogP contribution in [0.25, 0.3) is 22.3 Å². The number of fused-ring (bicyclic) bond motifs is 5. The van der Waals surface area contributed by atoms with Crippen molar-refractivity contribution in [2.45, 2.75) is 65.4 Å². The zero-order valence-corrected chi connectivity index (χ0v) is 20.3. The van der Waals surface area contributed by atoms with Crippen molar-refractivity contribution < 1.29 is 23.8 Å². The van der Waals surface area contributed by atoms with E-state index < -0.39 is 23.6 Å². The fraction of sp³-hybridized carbons (Fsp3) is 0.407. The predicted octanol–water partition coefficient (Wildman–Crippen LogP) is 3.83. The molecule has 8 nitrogen and oxygen atoms in total. The monoisotopic (exact) mass is 476 g/mol. The van der Waals surface area contributed by atoms with Crippen LogP contribution >= 0.6 is 0 Å². The molecule has 0 aliphatic carbocycles. The highest BCUT2D eigenvalue weighted by Gasteiger charge is 2.38. The Morgan fingerprint density at radius 2 is 1.97 bits per heavy atom. The number of benzene rings is 1. The Hall–Kier alpha value is -3.52. The van der Waals surface area contributed by atoms with Crippen molar-refractivity contribution in [2.24, 2.45) is 0 Å². The Morgan fingerprint density at radius 3 is 2.71 bits per heavy atom. The Kier molecular flexibility index (Phi) is 5.71. The molecule has 0 radical (unpaired) electrons. The van der Waals surface area contributed by atoms with Crippen LogP contribution in [-0.2, 0) is 43.4 Å². The first-order valence-electron chi connectivity index (χ1n) is 11.9. The summed E-state index contributed by atoms with van der Waals surface area (Å²) in [5.74, 6) is -1.29. The van der Waals surface area contributed by atoms with Gasteiger partial charge in [0.2, 0.25) is 6.10 Å². The van der Waals surface area contributed by atoms with E-state index in [1.54, 1.807) is 24.5 Å². The molecular formula is C27H28N2O6. The lowest BCUT2D eigenvalue weighted by molar-refractivity contribution is -0.174. The van der Waals surface area contributed by atoms with Crippen molar-refractivity contribution in [3.05, 3.63) is 62.9 Å². The highest BCUT2D eigenvalue weighted by atomic mass is 16.6. The van der Waals surface area contributed by atoms with Crippen LogP contribution < -0.4 is 5.56 Å². The molecule has 0 fully saturated rings. The van der Waals surface area contributed by atoms with Gasteiger partial charge in [0, 0.05) is 23.1 Å². The lowest BCUT2D eigenvalue weighted by atomic mass is 9.97. The van der Waals surface area contributed by atoms with Crippen LogP contribution in [0, 0.1) is 0 Å². The van der Waals surface area contributed by atoms with Crippen LogP contribution in [0.1, 0.15) is 62.5 Å². The van der Waals surface area contributed by atoms with Crippen LogP contribution in [0.15, 0.2) is 35.1 Å². The molecule has 0 unspecified atom stereocenters. The van der Waals surface area contributed by atoms with E-state index in [0.717, 1.165) is 34.1 Å². The number of cyclic esters (lactones) is 1. The summed E-state index contributed by atoms with van der Waals surface area (Å²) in [6.07, 6.45) is -0.553. The van der Waals surface area contributed by atoms with Crippen LogP contribution in [0.3, 0.4) is 0 Å². The second-order valence-electron chi connectivity index (χ2n) is 9.49. The fourth-order valence-corrected chi connectivity index (χ4v) is 5.12. The maximum absolute atomic E-state index is 13.5. The van der Waals surface area contributed by atoms with Gasteiger partial charge in [-0.2, -0.15) is 0 Å². The summed E-state index contributed by atoms with van der Waals surface area (Å²) in [5.41, 5.74) is 4.03. The summed E-state index contributed by atoms with van der Waals surface area (Å²) in [6, 6.07) is 9.68. The third kappa shape index (κ3) is 3.91. The highest BCUT2D eigenvalue weighted by Crippen LogP contribution is 2.38. The zero-order chi connectivity index (χ0) is 24.9. The maximum Gasteiger partial charge on any atom is 0.352 e. The first-order chi connectivity index (χ1) is 16.7. The number of carbonyl (C=O) groups is 2. The van der Waals surface area contributed by atoms with Crippen molar-refractivity contribution in [3.8, 4) is 11.4 Å². The first-order valence-corrected chi connectivity index (χ1v) is 11.9. The summed E-state index contributed by atoms with van der Waals surface area (Å²) < 4.78 is 18.1. The number of aromatic nitrogens is 2. The van der Waals surface area contributed by atoms with E-state index in [4.69, 9.17) is 19.2 Å². The van der Waals surface area contributed by atoms with Gasteiger partial charge in [-0.3, -0.25) is 9.59 Å². The van der Waals surface area contributed by atoms with Crippen LogP contribution in [-0.4, -0.2) is 33.7 Å². The van der Waals surface area contributed by atoms with E-state index in [1.165, 1.54) is 0 Å². The normalized spacial score (nSPS) is 16.5. The minimum absolute atomic E-state index is 0.0416. The maximum atomic E-state index is 13.5. The van der Waals surface area contributed by atoms with Crippen molar-refractivity contribution >= 4 is 22.8 Å². The minimum atomic E-state index is -1.31. The van der Waals surface area contributed by atoms with Gasteiger partial charge in [0.15, 0.2) is 0 Å². The van der Waals surface area contributed by atoms with Gasteiger partial charge >= 0.3 is 11.9 Å². The number of carbonyl (C=O) groups excluding carboxylic acids is 2. The average molecular weight is 477 g/mol. The van der Waals surface area contributed by atoms with E-state index >= 15 is 0 Å². The van der Waals surface area contributed by atoms with Gasteiger partial charge in [0.1, 0.15) is 6.61 Å². The average Bonchev–Trinajstić information content (AvgIpc) is 3.17. The topological polar surface area (TPSA) is 96.7 Å². The van der Waals surface area contributed by atoms with Crippen LogP contribution in [0.4, 0.5) is 0 Å². The molecule has 0 bridgehead atoms. The first kappa shape index (κ1) is 23.2. The smallest absolute Gasteiger partial charge is 0.352 e. The van der Waals surface area contributed by atoms with E-state index in [1.807, 2.05) is 31.2 Å². The van der Waals surface area contributed by atoms with Crippen molar-refractivity contribution in [2.75, 3.05) is 6.61 Å². The van der Waals surface area contributed by atoms with Crippen LogP contribution in [0.5, 0.6) is 0 Å². The molecule has 3 aromatic rings. The summed E-state index contributed by atoms with van der Waals surface area (Å²) in [6.45, 7) is 8.18. The minimum Gasteiger partial charge on any atom is -0.458 e. The van der Waals surface area contributed by atoms with Gasteiger partial charge in [0.05, 0.1) is 41.0 Å². The largest absolute Gasteiger partial charge is 0.458 e. The number of esters is 2. The SMILES string of the molecule is CCOC(C)(C)CC(=O)O[C@@H]1C(=O)OCc2c1cc1n(c2=O)Cc2c-1nc1ccccc1c2CC. The number of rotatable bonds is 6. The zero-order valence-electron chi connectivity index (χ0n) is 20.3. The predicted molar refractivity (Wildman–Crippen MR) is 129 cm³/mol. The van der Waals surface area contributed by atoms with E-state index in [9.17, 15) is 14.4 Å². The molecular weight excluding hydrogens is 448 g/mol. The lowest BCUT2D eigenvalue weighted by Gasteiger charge is -2.27.